The summed E-state index contributed by atoms with van der Waals surface area (Å²) < 4.78 is 0. The quantitative estimate of drug-likeness (QED) is 0.721. The van der Waals surface area contributed by atoms with Gasteiger partial charge < -0.3 is 5.11 Å². The second-order valence-electron chi connectivity index (χ2n) is 11.3. The van der Waals surface area contributed by atoms with Gasteiger partial charge in [-0.1, -0.05) is 33.6 Å². The molecule has 4 aliphatic rings. The maximum absolute atomic E-state index is 13.6. The Hall–Kier alpha value is -0.700. The molecular weight excluding hydrogens is 348 g/mol. The molecule has 0 aromatic heterocycles. The van der Waals surface area contributed by atoms with E-state index in [1.54, 1.807) is 6.92 Å². The highest BCUT2D eigenvalue weighted by molar-refractivity contribution is 5.87. The SMILES string of the molecule is CCCC[C@H]1C[C@@]2(C)[C@@H](CC[C@H]3[C@@H]4CC[C@H](C(C)=O)[C@@]4(C)CC(=O)[C@@H]32)C[C@@H]1O. The summed E-state index contributed by atoms with van der Waals surface area (Å²) in [5.74, 6) is 2.80. The minimum atomic E-state index is -0.182. The van der Waals surface area contributed by atoms with Crippen LogP contribution in [0.5, 0.6) is 0 Å². The summed E-state index contributed by atoms with van der Waals surface area (Å²) in [6.07, 6.45) is 10.1. The summed E-state index contributed by atoms with van der Waals surface area (Å²) >= 11 is 0. The summed E-state index contributed by atoms with van der Waals surface area (Å²) in [5, 5.41) is 10.8. The van der Waals surface area contributed by atoms with E-state index in [2.05, 4.69) is 20.8 Å². The van der Waals surface area contributed by atoms with Crippen LogP contribution in [0, 0.1) is 46.3 Å². The number of carbonyl (C=O) groups excluding carboxylic acids is 2. The monoisotopic (exact) mass is 388 g/mol. The Bertz CT molecular complexity index is 642. The molecule has 4 aliphatic carbocycles. The predicted molar refractivity (Wildman–Crippen MR) is 111 cm³/mol. The van der Waals surface area contributed by atoms with Gasteiger partial charge in [-0.2, -0.15) is 0 Å². The number of hydrogen-bond donors (Lipinski definition) is 1. The van der Waals surface area contributed by atoms with Crippen molar-refractivity contribution in [1.29, 1.82) is 0 Å². The summed E-state index contributed by atoms with van der Waals surface area (Å²) in [4.78, 5) is 25.9. The topological polar surface area (TPSA) is 54.4 Å². The van der Waals surface area contributed by atoms with Crippen LogP contribution in [0.2, 0.25) is 0 Å². The first-order valence-corrected chi connectivity index (χ1v) is 11.9. The molecule has 158 valence electrons. The molecule has 3 nitrogen and oxygen atoms in total. The van der Waals surface area contributed by atoms with Gasteiger partial charge in [-0.25, -0.2) is 0 Å². The zero-order valence-corrected chi connectivity index (χ0v) is 18.4. The predicted octanol–water partition coefficient (Wildman–Crippen LogP) is 5.19. The lowest BCUT2D eigenvalue weighted by Gasteiger charge is -2.61. The second-order valence-corrected chi connectivity index (χ2v) is 11.3. The summed E-state index contributed by atoms with van der Waals surface area (Å²) in [6, 6.07) is 0. The van der Waals surface area contributed by atoms with E-state index in [4.69, 9.17) is 0 Å². The van der Waals surface area contributed by atoms with Crippen molar-refractivity contribution in [2.24, 2.45) is 46.3 Å². The first-order chi connectivity index (χ1) is 13.2. The third-order valence-corrected chi connectivity index (χ3v) is 9.94. The number of aliphatic hydroxyl groups is 1. The lowest BCUT2D eigenvalue weighted by atomic mass is 9.43. The van der Waals surface area contributed by atoms with E-state index >= 15 is 0 Å². The Labute approximate surface area is 171 Å². The van der Waals surface area contributed by atoms with Gasteiger partial charge >= 0.3 is 0 Å². The normalized spacial score (nSPS) is 50.6. The average molecular weight is 389 g/mol. The van der Waals surface area contributed by atoms with Crippen molar-refractivity contribution in [1.82, 2.24) is 0 Å². The Morgan fingerprint density at radius 2 is 1.89 bits per heavy atom. The average Bonchev–Trinajstić information content (AvgIpc) is 2.97. The molecule has 4 fully saturated rings. The second kappa shape index (κ2) is 7.22. The van der Waals surface area contributed by atoms with Crippen LogP contribution in [0.15, 0.2) is 0 Å². The molecule has 0 aromatic carbocycles. The van der Waals surface area contributed by atoms with Gasteiger partial charge in [-0.05, 0) is 86.4 Å². The third-order valence-electron chi connectivity index (χ3n) is 9.94. The molecule has 0 unspecified atom stereocenters. The molecule has 28 heavy (non-hydrogen) atoms. The number of carbonyl (C=O) groups is 2. The van der Waals surface area contributed by atoms with Gasteiger partial charge in [0.05, 0.1) is 6.10 Å². The molecule has 0 amide bonds. The number of fused-ring (bicyclic) bond motifs is 5. The first-order valence-electron chi connectivity index (χ1n) is 11.9. The largest absolute Gasteiger partial charge is 0.393 e. The van der Waals surface area contributed by atoms with Gasteiger partial charge in [0, 0.05) is 18.3 Å². The summed E-state index contributed by atoms with van der Waals surface area (Å²) in [6.45, 7) is 8.58. The van der Waals surface area contributed by atoms with E-state index < -0.39 is 0 Å². The van der Waals surface area contributed by atoms with Crippen LogP contribution in [0.1, 0.15) is 91.9 Å². The van der Waals surface area contributed by atoms with Crippen LogP contribution in [0.3, 0.4) is 0 Å². The smallest absolute Gasteiger partial charge is 0.137 e. The number of ketones is 2. The summed E-state index contributed by atoms with van der Waals surface area (Å²) in [7, 11) is 0. The van der Waals surface area contributed by atoms with Crippen molar-refractivity contribution in [2.45, 2.75) is 98.0 Å². The maximum Gasteiger partial charge on any atom is 0.137 e. The molecular formula is C25H40O3. The van der Waals surface area contributed by atoms with Gasteiger partial charge in [0.25, 0.3) is 0 Å². The van der Waals surface area contributed by atoms with Crippen molar-refractivity contribution in [3.8, 4) is 0 Å². The van der Waals surface area contributed by atoms with Crippen molar-refractivity contribution in [3.63, 3.8) is 0 Å². The molecule has 1 N–H and O–H groups in total. The number of aliphatic hydroxyl groups excluding tert-OH is 1. The molecule has 9 atom stereocenters. The third kappa shape index (κ3) is 2.94. The Balaban J connectivity index is 1.63. The molecule has 0 aliphatic heterocycles. The lowest BCUT2D eigenvalue weighted by Crippen LogP contribution is -2.59. The highest BCUT2D eigenvalue weighted by Crippen LogP contribution is 2.67. The standard InChI is InChI=1S/C25H40O3/c1-5-6-7-16-13-24(3)17(12-21(16)27)8-9-18-20-11-10-19(15(2)26)25(20,4)14-22(28)23(18)24/h16-21,23,27H,5-14H2,1-4H3/t16-,17-,18-,19+,20-,21-,23+,24-,25+/m0/s1. The Kier molecular flexibility index (Phi) is 5.30. The van der Waals surface area contributed by atoms with Crippen LogP contribution < -0.4 is 0 Å². The van der Waals surface area contributed by atoms with Crippen molar-refractivity contribution in [3.05, 3.63) is 0 Å². The van der Waals surface area contributed by atoms with E-state index in [9.17, 15) is 14.7 Å². The number of rotatable bonds is 4. The van der Waals surface area contributed by atoms with Crippen LogP contribution in [-0.2, 0) is 9.59 Å². The van der Waals surface area contributed by atoms with Crippen molar-refractivity contribution in [2.75, 3.05) is 0 Å². The number of hydrogen-bond acceptors (Lipinski definition) is 3. The number of Topliss-reactive ketones (excluding diaryl/α,β-unsaturated/α-hetero) is 2. The molecule has 0 radical (unpaired) electrons. The van der Waals surface area contributed by atoms with Gasteiger partial charge in [0.2, 0.25) is 0 Å². The van der Waals surface area contributed by atoms with Crippen LogP contribution >= 0.6 is 0 Å². The highest BCUT2D eigenvalue weighted by Gasteiger charge is 2.64. The van der Waals surface area contributed by atoms with Gasteiger partial charge in [0.1, 0.15) is 11.6 Å². The Morgan fingerprint density at radius 1 is 1.14 bits per heavy atom. The molecule has 0 spiro atoms. The molecule has 4 rings (SSSR count). The van der Waals surface area contributed by atoms with Crippen LogP contribution in [0.25, 0.3) is 0 Å². The fourth-order valence-electron chi connectivity index (χ4n) is 8.67. The minimum absolute atomic E-state index is 0.0489. The lowest BCUT2D eigenvalue weighted by molar-refractivity contribution is -0.167. The van der Waals surface area contributed by atoms with E-state index in [0.29, 0.717) is 35.9 Å². The molecule has 0 bridgehead atoms. The summed E-state index contributed by atoms with van der Waals surface area (Å²) in [5.41, 5.74) is -0.0592. The molecule has 0 heterocycles. The minimum Gasteiger partial charge on any atom is -0.393 e. The fourth-order valence-corrected chi connectivity index (χ4v) is 8.67. The molecule has 0 aromatic rings. The number of unbranched alkanes of at least 4 members (excludes halogenated alkanes) is 1. The van der Waals surface area contributed by atoms with Gasteiger partial charge in [-0.3, -0.25) is 9.59 Å². The van der Waals surface area contributed by atoms with E-state index in [1.165, 1.54) is 12.8 Å². The van der Waals surface area contributed by atoms with Gasteiger partial charge in [0.15, 0.2) is 0 Å². The molecule has 0 saturated heterocycles. The molecule has 4 saturated carbocycles. The van der Waals surface area contributed by atoms with E-state index in [-0.39, 0.29) is 34.6 Å². The first kappa shape index (κ1) is 20.6. The van der Waals surface area contributed by atoms with Crippen molar-refractivity contribution >= 4 is 11.6 Å². The maximum atomic E-state index is 13.6. The van der Waals surface area contributed by atoms with E-state index in [0.717, 1.165) is 44.9 Å². The Morgan fingerprint density at radius 3 is 2.57 bits per heavy atom. The molecule has 3 heteroatoms. The zero-order chi connectivity index (χ0) is 20.3. The fraction of sp³-hybridized carbons (Fsp3) is 0.920. The van der Waals surface area contributed by atoms with Crippen LogP contribution in [0.4, 0.5) is 0 Å². The zero-order valence-electron chi connectivity index (χ0n) is 18.4. The van der Waals surface area contributed by atoms with Gasteiger partial charge in [-0.15, -0.1) is 0 Å². The van der Waals surface area contributed by atoms with Crippen LogP contribution in [-0.4, -0.2) is 22.8 Å². The highest BCUT2D eigenvalue weighted by atomic mass is 16.3. The van der Waals surface area contributed by atoms with Crippen molar-refractivity contribution < 1.29 is 14.7 Å². The van der Waals surface area contributed by atoms with E-state index in [1.807, 2.05) is 0 Å².